The topological polar surface area (TPSA) is 0 Å². The van der Waals surface area contributed by atoms with Crippen LogP contribution in [0.4, 0.5) is 0 Å². The molecule has 0 N–H and O–H groups in total. The molecule has 0 aromatic heterocycles. The highest BCUT2D eigenvalue weighted by Crippen LogP contribution is 2.44. The Balaban J connectivity index is 0. The maximum absolute atomic E-state index is 4.12. The third kappa shape index (κ3) is 18.6. The van der Waals surface area contributed by atoms with Crippen molar-refractivity contribution in [2.45, 2.75) is 133 Å². The van der Waals surface area contributed by atoms with Crippen LogP contribution in [0.3, 0.4) is 0 Å². The number of hydrogen-bond acceptors (Lipinski definition) is 0. The Hall–Kier alpha value is -2.34. The predicted molar refractivity (Wildman–Crippen MR) is 182 cm³/mol. The Bertz CT molecular complexity index is 852. The van der Waals surface area contributed by atoms with Gasteiger partial charge in [0.25, 0.3) is 0 Å². The van der Waals surface area contributed by atoms with E-state index < -0.39 is 0 Å². The Morgan fingerprint density at radius 3 is 1.46 bits per heavy atom. The molecule has 39 heavy (non-hydrogen) atoms. The fourth-order valence-electron chi connectivity index (χ4n) is 4.75. The highest BCUT2D eigenvalue weighted by atomic mass is 14.3. The zero-order chi connectivity index (χ0) is 30.1. The molecule has 1 saturated carbocycles. The fraction of sp³-hybridized carbons (Fsp3) is 0.538. The first-order valence-electron chi connectivity index (χ1n) is 15.6. The van der Waals surface area contributed by atoms with E-state index in [4.69, 9.17) is 0 Å². The molecule has 0 heteroatoms. The lowest BCUT2D eigenvalue weighted by Gasteiger charge is -2.37. The molecule has 0 bridgehead atoms. The minimum absolute atomic E-state index is 0.526. The van der Waals surface area contributed by atoms with E-state index in [1.165, 1.54) is 84.8 Å². The molecular weight excluding hydrogens is 468 g/mol. The first kappa shape index (κ1) is 38.8. The van der Waals surface area contributed by atoms with Gasteiger partial charge in [0.2, 0.25) is 0 Å². The number of benzene rings is 2. The van der Waals surface area contributed by atoms with Crippen molar-refractivity contribution in [1.29, 1.82) is 0 Å². The summed E-state index contributed by atoms with van der Waals surface area (Å²) in [5.41, 5.74) is 8.95. The van der Waals surface area contributed by atoms with E-state index in [-0.39, 0.29) is 0 Å². The van der Waals surface area contributed by atoms with Gasteiger partial charge >= 0.3 is 0 Å². The number of rotatable bonds is 7. The minimum atomic E-state index is 0.526. The monoisotopic (exact) mass is 533 g/mol. The first-order valence-corrected chi connectivity index (χ1v) is 15.6. The van der Waals surface area contributed by atoms with Crippen LogP contribution in [0.1, 0.15) is 129 Å². The van der Waals surface area contributed by atoms with Crippen LogP contribution in [0.15, 0.2) is 85.5 Å². The van der Waals surface area contributed by atoms with Gasteiger partial charge in [0.1, 0.15) is 0 Å². The molecule has 2 aromatic carbocycles. The van der Waals surface area contributed by atoms with Crippen LogP contribution >= 0.6 is 0 Å². The van der Waals surface area contributed by atoms with Gasteiger partial charge in [-0.3, -0.25) is 0 Å². The third-order valence-electron chi connectivity index (χ3n) is 7.55. The van der Waals surface area contributed by atoms with Crippen LogP contribution in [-0.2, 0) is 19.3 Å². The SMILES string of the molecule is C=C(C)C1(CC)CCCCC1.C=C(C)CCC.C=CC.CCc1ccc(CC)cc1.CCc1ccccc1C. The number of allylic oxidation sites excluding steroid dienone is 3. The van der Waals surface area contributed by atoms with Gasteiger partial charge in [0.15, 0.2) is 0 Å². The molecule has 3 rings (SSSR count). The minimum Gasteiger partial charge on any atom is -0.103 e. The molecule has 0 radical (unpaired) electrons. The Kier molecular flexibility index (Phi) is 24.6. The van der Waals surface area contributed by atoms with Gasteiger partial charge < -0.3 is 0 Å². The van der Waals surface area contributed by atoms with Gasteiger partial charge in [0, 0.05) is 0 Å². The summed E-state index contributed by atoms with van der Waals surface area (Å²) in [5.74, 6) is 0. The van der Waals surface area contributed by atoms with Gasteiger partial charge in [-0.15, -0.1) is 13.2 Å². The highest BCUT2D eigenvalue weighted by molar-refractivity contribution is 5.25. The smallest absolute Gasteiger partial charge is 0.00961 e. The summed E-state index contributed by atoms with van der Waals surface area (Å²) in [5, 5.41) is 0. The average Bonchev–Trinajstić information content (AvgIpc) is 2.95. The summed E-state index contributed by atoms with van der Waals surface area (Å²) in [7, 11) is 0. The molecule has 0 amide bonds. The average molecular weight is 533 g/mol. The van der Waals surface area contributed by atoms with E-state index in [0.29, 0.717) is 5.41 Å². The summed E-state index contributed by atoms with van der Waals surface area (Å²) in [6, 6.07) is 17.3. The van der Waals surface area contributed by atoms with Crippen LogP contribution in [0.5, 0.6) is 0 Å². The molecule has 0 atom stereocenters. The molecule has 0 heterocycles. The van der Waals surface area contributed by atoms with E-state index in [0.717, 1.165) is 19.3 Å². The number of aryl methyl sites for hydroxylation is 4. The lowest BCUT2D eigenvalue weighted by Crippen LogP contribution is -2.23. The zero-order valence-corrected chi connectivity index (χ0v) is 27.6. The van der Waals surface area contributed by atoms with E-state index in [9.17, 15) is 0 Å². The molecule has 1 fully saturated rings. The van der Waals surface area contributed by atoms with Crippen LogP contribution < -0.4 is 0 Å². The molecule has 0 spiro atoms. The van der Waals surface area contributed by atoms with Crippen molar-refractivity contribution in [2.75, 3.05) is 0 Å². The standard InChI is InChI=1S/C11H20.C10H14.C9H12.C6H12.C3H6/c1-4-11(10(2)3)8-6-5-7-9-11;1-3-9-5-7-10(4-2)8-6-9;1-3-9-7-5-4-6-8(9)2;1-4-5-6(2)3;1-3-2/h2,4-9H2,1,3H3;5-8H,3-4H2,1-2H3;4-7H,3H2,1-2H3;2,4-5H2,1,3H3;3H,1H2,2H3. The second-order valence-corrected chi connectivity index (χ2v) is 10.9. The molecule has 0 unspecified atom stereocenters. The quantitative estimate of drug-likeness (QED) is 0.311. The summed E-state index contributed by atoms with van der Waals surface area (Å²) in [4.78, 5) is 0. The second-order valence-electron chi connectivity index (χ2n) is 10.9. The molecule has 2 aromatic rings. The summed E-state index contributed by atoms with van der Waals surface area (Å²) >= 11 is 0. The molecule has 1 aliphatic rings. The van der Waals surface area contributed by atoms with Gasteiger partial charge in [0.05, 0.1) is 0 Å². The maximum Gasteiger partial charge on any atom is -0.00961 e. The summed E-state index contributed by atoms with van der Waals surface area (Å²) < 4.78 is 0. The lowest BCUT2D eigenvalue weighted by atomic mass is 9.68. The Morgan fingerprint density at radius 2 is 1.23 bits per heavy atom. The van der Waals surface area contributed by atoms with Crippen molar-refractivity contribution in [2.24, 2.45) is 5.41 Å². The van der Waals surface area contributed by atoms with E-state index in [2.05, 4.69) is 124 Å². The summed E-state index contributed by atoms with van der Waals surface area (Å²) in [6.07, 6.45) is 15.9. The largest absolute Gasteiger partial charge is 0.103 e. The lowest BCUT2D eigenvalue weighted by molar-refractivity contribution is 0.231. The van der Waals surface area contributed by atoms with Crippen molar-refractivity contribution in [1.82, 2.24) is 0 Å². The van der Waals surface area contributed by atoms with Crippen LogP contribution in [0.2, 0.25) is 0 Å². The molecule has 0 aliphatic heterocycles. The second kappa shape index (κ2) is 24.7. The highest BCUT2D eigenvalue weighted by Gasteiger charge is 2.30. The Morgan fingerprint density at radius 1 is 0.769 bits per heavy atom. The Labute approximate surface area is 245 Å². The van der Waals surface area contributed by atoms with Gasteiger partial charge in [-0.2, -0.15) is 0 Å². The predicted octanol–water partition coefficient (Wildman–Crippen LogP) is 12.8. The normalized spacial score (nSPS) is 12.8. The van der Waals surface area contributed by atoms with E-state index in [1.807, 2.05) is 6.92 Å². The molecule has 1 aliphatic carbocycles. The fourth-order valence-corrected chi connectivity index (χ4v) is 4.75. The number of hydrogen-bond donors (Lipinski definition) is 0. The van der Waals surface area contributed by atoms with Gasteiger partial charge in [-0.1, -0.05) is 133 Å². The van der Waals surface area contributed by atoms with Crippen LogP contribution in [0, 0.1) is 12.3 Å². The van der Waals surface area contributed by atoms with Gasteiger partial charge in [-0.05, 0) is 100 Å². The van der Waals surface area contributed by atoms with E-state index in [1.54, 1.807) is 6.08 Å². The van der Waals surface area contributed by atoms with Crippen molar-refractivity contribution in [3.63, 3.8) is 0 Å². The molecule has 220 valence electrons. The van der Waals surface area contributed by atoms with Crippen molar-refractivity contribution in [3.05, 3.63) is 108 Å². The zero-order valence-electron chi connectivity index (χ0n) is 27.6. The maximum atomic E-state index is 4.12. The summed E-state index contributed by atoms with van der Waals surface area (Å²) in [6.45, 7) is 30.5. The van der Waals surface area contributed by atoms with Gasteiger partial charge in [-0.25, -0.2) is 0 Å². The van der Waals surface area contributed by atoms with Crippen molar-refractivity contribution >= 4 is 0 Å². The van der Waals surface area contributed by atoms with Crippen molar-refractivity contribution < 1.29 is 0 Å². The van der Waals surface area contributed by atoms with E-state index >= 15 is 0 Å². The van der Waals surface area contributed by atoms with Crippen LogP contribution in [-0.4, -0.2) is 0 Å². The third-order valence-corrected chi connectivity index (χ3v) is 7.55. The van der Waals surface area contributed by atoms with Crippen molar-refractivity contribution in [3.8, 4) is 0 Å². The molecule has 0 nitrogen and oxygen atoms in total. The van der Waals surface area contributed by atoms with Crippen LogP contribution in [0.25, 0.3) is 0 Å². The first-order chi connectivity index (χ1) is 18.6. The molecule has 0 saturated heterocycles. The molecular formula is C39H64.